The third kappa shape index (κ3) is 3.13. The van der Waals surface area contributed by atoms with Crippen molar-refractivity contribution in [3.63, 3.8) is 0 Å². The summed E-state index contributed by atoms with van der Waals surface area (Å²) in [5.74, 6) is 0. The highest BCUT2D eigenvalue weighted by atomic mass is 79.9. The molecule has 102 valence electrons. The molecule has 19 heavy (non-hydrogen) atoms. The van der Waals surface area contributed by atoms with E-state index in [0.29, 0.717) is 0 Å². The average molecular weight is 403 g/mol. The first-order chi connectivity index (χ1) is 8.93. The van der Waals surface area contributed by atoms with Gasteiger partial charge in [0.25, 0.3) is 0 Å². The predicted octanol–water partition coefficient (Wildman–Crippen LogP) is 5.51. The van der Waals surface area contributed by atoms with Gasteiger partial charge in [0.15, 0.2) is 0 Å². The van der Waals surface area contributed by atoms with Crippen LogP contribution in [0.2, 0.25) is 0 Å². The molecule has 1 unspecified atom stereocenters. The highest BCUT2D eigenvalue weighted by molar-refractivity contribution is 9.12. The van der Waals surface area contributed by atoms with Crippen molar-refractivity contribution in [2.45, 2.75) is 26.8 Å². The minimum atomic E-state index is 0.219. The van der Waals surface area contributed by atoms with E-state index >= 15 is 0 Å². The molecule has 0 bridgehead atoms. The third-order valence-electron chi connectivity index (χ3n) is 3.48. The van der Waals surface area contributed by atoms with E-state index in [9.17, 15) is 0 Å². The SMILES string of the molecule is CNC(c1cc(C)c(C)cc1C)c1cc(Br)sc1Br. The van der Waals surface area contributed by atoms with Crippen LogP contribution in [0.5, 0.6) is 0 Å². The maximum absolute atomic E-state index is 3.66. The van der Waals surface area contributed by atoms with Gasteiger partial charge in [-0.3, -0.25) is 0 Å². The molecular formula is C15H17Br2NS. The number of thiophene rings is 1. The van der Waals surface area contributed by atoms with E-state index in [2.05, 4.69) is 76.1 Å². The molecule has 0 radical (unpaired) electrons. The van der Waals surface area contributed by atoms with Crippen molar-refractivity contribution in [2.75, 3.05) is 7.05 Å². The topological polar surface area (TPSA) is 12.0 Å². The molecule has 0 aliphatic rings. The Balaban J connectivity index is 2.54. The molecule has 0 fully saturated rings. The molecule has 0 saturated heterocycles. The number of hydrogen-bond donors (Lipinski definition) is 1. The van der Waals surface area contributed by atoms with Gasteiger partial charge in [-0.1, -0.05) is 12.1 Å². The number of halogens is 2. The van der Waals surface area contributed by atoms with Crippen LogP contribution < -0.4 is 5.32 Å². The lowest BCUT2D eigenvalue weighted by Crippen LogP contribution is -2.18. The molecule has 1 aromatic heterocycles. The van der Waals surface area contributed by atoms with E-state index in [0.717, 1.165) is 3.79 Å². The van der Waals surface area contributed by atoms with Crippen LogP contribution in [0.4, 0.5) is 0 Å². The Hall–Kier alpha value is -0.160. The zero-order valence-corrected chi connectivity index (χ0v) is 15.5. The molecule has 0 amide bonds. The first-order valence-corrected chi connectivity index (χ1v) is 8.54. The molecule has 0 aliphatic carbocycles. The summed E-state index contributed by atoms with van der Waals surface area (Å²) in [5, 5.41) is 3.43. The summed E-state index contributed by atoms with van der Waals surface area (Å²) in [7, 11) is 2.01. The van der Waals surface area contributed by atoms with E-state index in [4.69, 9.17) is 0 Å². The van der Waals surface area contributed by atoms with Crippen LogP contribution in [-0.4, -0.2) is 7.05 Å². The van der Waals surface area contributed by atoms with Crippen LogP contribution in [-0.2, 0) is 0 Å². The number of benzene rings is 1. The maximum Gasteiger partial charge on any atom is 0.0761 e. The Morgan fingerprint density at radius 2 is 1.58 bits per heavy atom. The van der Waals surface area contributed by atoms with Gasteiger partial charge >= 0.3 is 0 Å². The molecular weight excluding hydrogens is 386 g/mol. The second-order valence-corrected chi connectivity index (χ2v) is 8.54. The number of aryl methyl sites for hydroxylation is 3. The van der Waals surface area contributed by atoms with Crippen molar-refractivity contribution in [2.24, 2.45) is 0 Å². The summed E-state index contributed by atoms with van der Waals surface area (Å²) in [6, 6.07) is 6.97. The summed E-state index contributed by atoms with van der Waals surface area (Å²) in [6.45, 7) is 6.52. The lowest BCUT2D eigenvalue weighted by molar-refractivity contribution is 0.686. The summed E-state index contributed by atoms with van der Waals surface area (Å²) < 4.78 is 2.33. The molecule has 1 aromatic carbocycles. The summed E-state index contributed by atoms with van der Waals surface area (Å²) in [6.07, 6.45) is 0. The Bertz CT molecular complexity index is 604. The van der Waals surface area contributed by atoms with Crippen molar-refractivity contribution < 1.29 is 0 Å². The Labute approximate surface area is 135 Å². The van der Waals surface area contributed by atoms with Crippen molar-refractivity contribution in [3.05, 3.63) is 53.6 Å². The molecule has 1 atom stereocenters. The van der Waals surface area contributed by atoms with Gasteiger partial charge < -0.3 is 5.32 Å². The van der Waals surface area contributed by atoms with Crippen LogP contribution in [0, 0.1) is 20.8 Å². The van der Waals surface area contributed by atoms with Crippen molar-refractivity contribution >= 4 is 43.2 Å². The second-order valence-electron chi connectivity index (χ2n) is 4.79. The maximum atomic E-state index is 3.66. The van der Waals surface area contributed by atoms with Crippen LogP contribution in [0.25, 0.3) is 0 Å². The number of hydrogen-bond acceptors (Lipinski definition) is 2. The number of nitrogens with one attached hydrogen (secondary N) is 1. The van der Waals surface area contributed by atoms with E-state index in [-0.39, 0.29) is 6.04 Å². The molecule has 1 N–H and O–H groups in total. The molecule has 4 heteroatoms. The molecule has 2 rings (SSSR count). The molecule has 0 spiro atoms. The lowest BCUT2D eigenvalue weighted by atomic mass is 9.93. The van der Waals surface area contributed by atoms with Gasteiger partial charge in [-0.05, 0) is 93.6 Å². The summed E-state index contributed by atoms with van der Waals surface area (Å²) in [5.41, 5.74) is 6.65. The van der Waals surface area contributed by atoms with E-state index in [1.807, 2.05) is 7.05 Å². The van der Waals surface area contributed by atoms with Gasteiger partial charge in [0.2, 0.25) is 0 Å². The monoisotopic (exact) mass is 401 g/mol. The Morgan fingerprint density at radius 3 is 2.11 bits per heavy atom. The Morgan fingerprint density at radius 1 is 0.947 bits per heavy atom. The van der Waals surface area contributed by atoms with Gasteiger partial charge in [-0.2, -0.15) is 0 Å². The molecule has 1 nitrogen and oxygen atoms in total. The second kappa shape index (κ2) is 6.08. The summed E-state index contributed by atoms with van der Waals surface area (Å²) in [4.78, 5) is 0. The zero-order valence-electron chi connectivity index (χ0n) is 11.5. The molecule has 1 heterocycles. The fourth-order valence-electron chi connectivity index (χ4n) is 2.32. The molecule has 0 aliphatic heterocycles. The van der Waals surface area contributed by atoms with Crippen LogP contribution in [0.1, 0.15) is 33.9 Å². The highest BCUT2D eigenvalue weighted by Gasteiger charge is 2.19. The standard InChI is InChI=1S/C15H17Br2NS/c1-8-5-10(3)11(6-9(8)2)14(18-4)12-7-13(16)19-15(12)17/h5-7,14,18H,1-4H3. The fourth-order valence-corrected chi connectivity index (χ4v) is 5.22. The summed E-state index contributed by atoms with van der Waals surface area (Å²) >= 11 is 8.93. The predicted molar refractivity (Wildman–Crippen MR) is 91.3 cm³/mol. The minimum absolute atomic E-state index is 0.219. The van der Waals surface area contributed by atoms with Crippen molar-refractivity contribution in [1.29, 1.82) is 0 Å². The first kappa shape index (κ1) is 15.2. The lowest BCUT2D eigenvalue weighted by Gasteiger charge is -2.20. The first-order valence-electron chi connectivity index (χ1n) is 6.13. The van der Waals surface area contributed by atoms with Crippen molar-refractivity contribution in [3.8, 4) is 0 Å². The van der Waals surface area contributed by atoms with E-state index in [1.165, 1.54) is 31.6 Å². The van der Waals surface area contributed by atoms with E-state index < -0.39 is 0 Å². The zero-order chi connectivity index (χ0) is 14.2. The Kier molecular flexibility index (Phi) is 4.88. The third-order valence-corrected chi connectivity index (χ3v) is 5.86. The van der Waals surface area contributed by atoms with Crippen LogP contribution in [0.15, 0.2) is 25.8 Å². The van der Waals surface area contributed by atoms with Gasteiger partial charge in [0.1, 0.15) is 0 Å². The van der Waals surface area contributed by atoms with Crippen LogP contribution in [0.3, 0.4) is 0 Å². The van der Waals surface area contributed by atoms with Gasteiger partial charge in [0, 0.05) is 0 Å². The quantitative estimate of drug-likeness (QED) is 0.713. The van der Waals surface area contributed by atoms with Crippen molar-refractivity contribution in [1.82, 2.24) is 5.32 Å². The minimum Gasteiger partial charge on any atom is -0.309 e. The molecule has 0 saturated carbocycles. The fraction of sp³-hybridized carbons (Fsp3) is 0.333. The van der Waals surface area contributed by atoms with Gasteiger partial charge in [-0.15, -0.1) is 11.3 Å². The molecule has 2 aromatic rings. The smallest absolute Gasteiger partial charge is 0.0761 e. The normalized spacial score (nSPS) is 12.7. The van der Waals surface area contributed by atoms with Gasteiger partial charge in [0.05, 0.1) is 13.6 Å². The average Bonchev–Trinajstić information content (AvgIpc) is 2.66. The highest BCUT2D eigenvalue weighted by Crippen LogP contribution is 2.38. The van der Waals surface area contributed by atoms with Crippen LogP contribution >= 0.6 is 43.2 Å². The van der Waals surface area contributed by atoms with Gasteiger partial charge in [-0.25, -0.2) is 0 Å². The largest absolute Gasteiger partial charge is 0.309 e. The van der Waals surface area contributed by atoms with E-state index in [1.54, 1.807) is 11.3 Å². The number of rotatable bonds is 3.